The number of hydrogen-bond acceptors (Lipinski definition) is 3. The molecule has 3 N–H and O–H groups in total. The maximum absolute atomic E-state index is 11.5. The van der Waals surface area contributed by atoms with Crippen LogP contribution in [0.1, 0.15) is 34.5 Å². The van der Waals surface area contributed by atoms with E-state index in [1.165, 1.54) is 38.3 Å². The molecule has 0 atom stereocenters. The number of nitrogens with zero attached hydrogens (tertiary/aromatic N) is 1. The van der Waals surface area contributed by atoms with E-state index in [0.717, 1.165) is 16.9 Å². The van der Waals surface area contributed by atoms with Gasteiger partial charge in [-0.2, -0.15) is 0 Å². The molecule has 1 aliphatic carbocycles. The van der Waals surface area contributed by atoms with Crippen LogP contribution in [0, 0.1) is 6.92 Å². The third-order valence-corrected chi connectivity index (χ3v) is 13.8. The van der Waals surface area contributed by atoms with E-state index in [-0.39, 0.29) is 7.43 Å². The van der Waals surface area contributed by atoms with Crippen LogP contribution in [0.15, 0.2) is 64.6 Å². The number of nitrogens with two attached hydrogens (primary N) is 1. The van der Waals surface area contributed by atoms with E-state index in [2.05, 4.69) is 66.3 Å². The average Bonchev–Trinajstić information content (AvgIpc) is 2.81. The Morgan fingerprint density at radius 2 is 1.68 bits per heavy atom. The molecule has 2 aromatic carbocycles. The molecule has 4 rings (SSSR count). The molecule has 1 aliphatic heterocycles. The molecular weight excluding hydrogens is 485 g/mol. The minimum absolute atomic E-state index is 0. The molecule has 0 fully saturated rings. The van der Waals surface area contributed by atoms with Gasteiger partial charge in [-0.15, -0.1) is 0 Å². The van der Waals surface area contributed by atoms with Gasteiger partial charge in [0.05, 0.1) is 0 Å². The number of benzene rings is 2. The topological polar surface area (TPSA) is 75.6 Å². The van der Waals surface area contributed by atoms with Gasteiger partial charge in [0, 0.05) is 0 Å². The molecule has 2 aromatic rings. The van der Waals surface area contributed by atoms with Gasteiger partial charge in [-0.05, 0) is 7.05 Å². The fourth-order valence-electron chi connectivity index (χ4n) is 4.59. The molecule has 0 radical (unpaired) electrons. The summed E-state index contributed by atoms with van der Waals surface area (Å²) in [5, 5.41) is 9.42. The summed E-state index contributed by atoms with van der Waals surface area (Å²) in [7, 11) is 7.35. The van der Waals surface area contributed by atoms with Gasteiger partial charge in [-0.3, -0.25) is 0 Å². The molecule has 0 saturated carbocycles. The van der Waals surface area contributed by atoms with Crippen LogP contribution in [0.4, 0.5) is 0 Å². The van der Waals surface area contributed by atoms with Crippen LogP contribution in [0.2, 0.25) is 11.5 Å². The van der Waals surface area contributed by atoms with Crippen LogP contribution < -0.4 is 14.9 Å². The Hall–Kier alpha value is -2.90. The van der Waals surface area contributed by atoms with Crippen LogP contribution >= 0.6 is 0 Å². The number of carbonyl (C=O) groups is 1. The Labute approximate surface area is 206 Å². The van der Waals surface area contributed by atoms with Gasteiger partial charge in [0.2, 0.25) is 0 Å². The summed E-state index contributed by atoms with van der Waals surface area (Å²) in [6.45, 7) is 1.99. The zero-order chi connectivity index (χ0) is 24.5. The number of hydrogen-bond donors (Lipinski definition) is 2. The molecule has 180 valence electrons. The quantitative estimate of drug-likeness (QED) is 0.464. The van der Waals surface area contributed by atoms with Crippen molar-refractivity contribution in [2.75, 3.05) is 28.3 Å². The summed E-state index contributed by atoms with van der Waals surface area (Å²) in [4.78, 5) is 11.5. The number of ether oxygens (including phenoxy) is 1. The summed E-state index contributed by atoms with van der Waals surface area (Å²) in [6, 6.07) is 11.8. The normalized spacial score (nSPS) is 15.2. The molecule has 0 aromatic heterocycles. The van der Waals surface area contributed by atoms with E-state index in [0.29, 0.717) is 5.56 Å². The van der Waals surface area contributed by atoms with Crippen molar-refractivity contribution in [3.8, 4) is 5.75 Å². The maximum atomic E-state index is 11.5. The first-order valence-corrected chi connectivity index (χ1v) is 17.2. The second-order valence-electron chi connectivity index (χ2n) is 8.87. The number of methoxy groups -OCH3 is 1. The zero-order valence-electron chi connectivity index (χ0n) is 20.5. The summed E-state index contributed by atoms with van der Waals surface area (Å²) in [5.74, 6) is 4.85. The Bertz CT molecular complexity index is 1250. The van der Waals surface area contributed by atoms with Crippen LogP contribution in [-0.2, 0) is 0 Å². The first-order chi connectivity index (χ1) is 15.6. The van der Waals surface area contributed by atoms with Gasteiger partial charge < -0.3 is 5.73 Å². The van der Waals surface area contributed by atoms with Crippen molar-refractivity contribution < 1.29 is 19.2 Å². The Morgan fingerprint density at radius 1 is 1.03 bits per heavy atom. The third-order valence-electron chi connectivity index (χ3n) is 6.37. The van der Waals surface area contributed by atoms with Gasteiger partial charge in [0.15, 0.2) is 0 Å². The van der Waals surface area contributed by atoms with E-state index < -0.39 is 19.2 Å². The number of fused-ring (bicyclic) bond motifs is 2. The first-order valence-electron chi connectivity index (χ1n) is 10.9. The summed E-state index contributed by atoms with van der Waals surface area (Å²) in [6.07, 6.45) is 6.76. The van der Waals surface area contributed by atoms with Crippen molar-refractivity contribution in [3.05, 3.63) is 86.9 Å². The molecule has 0 spiro atoms. The van der Waals surface area contributed by atoms with Gasteiger partial charge in [-0.1, -0.05) is 7.43 Å². The number of aromatic carboxylic acids is 1. The molecule has 0 unspecified atom stereocenters. The van der Waals surface area contributed by atoms with Gasteiger partial charge >= 0.3 is 186 Å². The number of aryl methyl sites for hydroxylation is 1. The number of carboxylic acid groups (broad SMARTS) is 1. The minimum atomic E-state index is -2.62. The third kappa shape index (κ3) is 4.68. The second kappa shape index (κ2) is 10.6. The Morgan fingerprint density at radius 3 is 2.24 bits per heavy atom. The standard InChI is InChI=1S/C26H27GeNO3.CH5N.CH4/c1-16-13-17(26(29)30)7-10-20(16)25-21-11-8-18(28(4)5)14-23(21)27(2,3)24-15-19(31-6)9-12-22(24)25;1-2;/h7-15H,1-6H3;2H2,1H3;1H4/p+1. The molecular formula is C28H37GeN2O3+. The van der Waals surface area contributed by atoms with E-state index in [1.807, 2.05) is 19.1 Å². The van der Waals surface area contributed by atoms with Gasteiger partial charge in [0.25, 0.3) is 0 Å². The van der Waals surface area contributed by atoms with Crippen LogP contribution in [-0.4, -0.2) is 62.9 Å². The number of allylic oxidation sites excluding steroid dienone is 5. The summed E-state index contributed by atoms with van der Waals surface area (Å²) < 4.78 is 10.5. The van der Waals surface area contributed by atoms with Crippen molar-refractivity contribution >= 4 is 34.9 Å². The monoisotopic (exact) mass is 523 g/mol. The molecule has 0 bridgehead atoms. The average molecular weight is 522 g/mol. The van der Waals surface area contributed by atoms with E-state index in [1.54, 1.807) is 19.2 Å². The number of carboxylic acids is 1. The molecule has 5 nitrogen and oxygen atoms in total. The van der Waals surface area contributed by atoms with Crippen LogP contribution in [0.5, 0.6) is 5.75 Å². The van der Waals surface area contributed by atoms with E-state index in [9.17, 15) is 9.90 Å². The molecule has 0 saturated heterocycles. The molecule has 1 heterocycles. The molecule has 0 amide bonds. The van der Waals surface area contributed by atoms with Gasteiger partial charge in [-0.25, -0.2) is 0 Å². The van der Waals surface area contributed by atoms with Crippen molar-refractivity contribution in [2.45, 2.75) is 25.9 Å². The number of rotatable bonds is 3. The first kappa shape index (κ1) is 27.3. The van der Waals surface area contributed by atoms with Gasteiger partial charge in [0.1, 0.15) is 0 Å². The Balaban J connectivity index is 0.00000133. The van der Waals surface area contributed by atoms with Crippen LogP contribution in [0.25, 0.3) is 5.57 Å². The van der Waals surface area contributed by atoms with Crippen molar-refractivity contribution in [3.63, 3.8) is 0 Å². The van der Waals surface area contributed by atoms with Crippen molar-refractivity contribution in [1.82, 2.24) is 0 Å². The predicted molar refractivity (Wildman–Crippen MR) is 145 cm³/mol. The SMILES string of the molecule is C.CN.COc1ccc2[c](c1)[Ge]([CH3])([CH3])[C]1=CC(=[N+](C)C)C=CC1=C2c1ccc(C(=O)O)cc1C. The van der Waals surface area contributed by atoms with Crippen molar-refractivity contribution in [2.24, 2.45) is 5.73 Å². The fourth-order valence-corrected chi connectivity index (χ4v) is 11.0. The predicted octanol–water partition coefficient (Wildman–Crippen LogP) is 4.39. The van der Waals surface area contributed by atoms with Crippen molar-refractivity contribution in [1.29, 1.82) is 0 Å². The molecule has 6 heteroatoms. The Kier molecular flexibility index (Phi) is 8.51. The molecule has 2 aliphatic rings. The van der Waals surface area contributed by atoms with Crippen LogP contribution in [0.3, 0.4) is 0 Å². The summed E-state index contributed by atoms with van der Waals surface area (Å²) in [5.41, 5.74) is 11.7. The van der Waals surface area contributed by atoms with E-state index >= 15 is 0 Å². The second-order valence-corrected chi connectivity index (χ2v) is 17.9. The molecule has 34 heavy (non-hydrogen) atoms. The summed E-state index contributed by atoms with van der Waals surface area (Å²) >= 11 is -2.62. The zero-order valence-corrected chi connectivity index (χ0v) is 22.6. The fraction of sp³-hybridized carbons (Fsp3) is 0.286. The van der Waals surface area contributed by atoms with E-state index in [4.69, 9.17) is 4.74 Å².